The monoisotopic (exact) mass is 241 g/mol. The summed E-state index contributed by atoms with van der Waals surface area (Å²) in [6.45, 7) is 3.66. The van der Waals surface area contributed by atoms with Gasteiger partial charge in [-0.3, -0.25) is 9.59 Å². The molecule has 5 nitrogen and oxygen atoms in total. The van der Waals surface area contributed by atoms with Crippen molar-refractivity contribution in [2.45, 2.75) is 38.8 Å². The molecule has 1 amide bonds. The SMILES string of the molecule is COC1CC(NC(=O)[C@H]2[C@@H](C(=O)O)C2(C)C)C1. The smallest absolute Gasteiger partial charge is 0.307 e. The molecule has 2 aliphatic carbocycles. The van der Waals surface area contributed by atoms with Gasteiger partial charge in [-0.1, -0.05) is 13.8 Å². The molecule has 2 atom stereocenters. The van der Waals surface area contributed by atoms with Crippen LogP contribution in [0.3, 0.4) is 0 Å². The maximum Gasteiger partial charge on any atom is 0.307 e. The summed E-state index contributed by atoms with van der Waals surface area (Å²) in [4.78, 5) is 22.9. The molecule has 5 heteroatoms. The van der Waals surface area contributed by atoms with E-state index in [-0.39, 0.29) is 24.0 Å². The Hall–Kier alpha value is -1.10. The normalized spacial score (nSPS) is 38.1. The number of aliphatic carboxylic acids is 1. The Labute approximate surface area is 101 Å². The fraction of sp³-hybridized carbons (Fsp3) is 0.833. The zero-order valence-corrected chi connectivity index (χ0v) is 10.4. The van der Waals surface area contributed by atoms with Gasteiger partial charge in [0.1, 0.15) is 0 Å². The summed E-state index contributed by atoms with van der Waals surface area (Å²) in [5.41, 5.74) is -0.416. The molecule has 0 unspecified atom stereocenters. The Morgan fingerprint density at radius 1 is 1.29 bits per heavy atom. The van der Waals surface area contributed by atoms with Gasteiger partial charge in [-0.05, 0) is 18.3 Å². The van der Waals surface area contributed by atoms with Crippen molar-refractivity contribution >= 4 is 11.9 Å². The van der Waals surface area contributed by atoms with Gasteiger partial charge in [0, 0.05) is 13.2 Å². The van der Waals surface area contributed by atoms with Gasteiger partial charge < -0.3 is 15.2 Å². The lowest BCUT2D eigenvalue weighted by Gasteiger charge is -2.34. The number of hydrogen-bond donors (Lipinski definition) is 2. The van der Waals surface area contributed by atoms with Gasteiger partial charge in [-0.25, -0.2) is 0 Å². The van der Waals surface area contributed by atoms with E-state index in [1.165, 1.54) is 0 Å². The number of carboxylic acid groups (broad SMARTS) is 1. The van der Waals surface area contributed by atoms with Crippen LogP contribution in [-0.4, -0.2) is 36.2 Å². The fourth-order valence-electron chi connectivity index (χ4n) is 2.75. The van der Waals surface area contributed by atoms with Crippen molar-refractivity contribution in [1.29, 1.82) is 0 Å². The molecule has 0 radical (unpaired) electrons. The number of carbonyl (C=O) groups excluding carboxylic acids is 1. The second-order valence-electron chi connectivity index (χ2n) is 5.65. The Morgan fingerprint density at radius 3 is 2.29 bits per heavy atom. The molecule has 0 aromatic heterocycles. The molecule has 2 N–H and O–H groups in total. The first-order chi connectivity index (χ1) is 7.87. The number of amides is 1. The lowest BCUT2D eigenvalue weighted by molar-refractivity contribution is -0.140. The van der Waals surface area contributed by atoms with Crippen LogP contribution in [0.2, 0.25) is 0 Å². The summed E-state index contributed by atoms with van der Waals surface area (Å²) in [7, 11) is 1.66. The number of carbonyl (C=O) groups is 2. The third-order valence-electron chi connectivity index (χ3n) is 4.15. The number of carboxylic acids is 1. The van der Waals surface area contributed by atoms with Gasteiger partial charge in [-0.15, -0.1) is 0 Å². The Bertz CT molecular complexity index is 346. The molecule has 2 rings (SSSR count). The molecule has 0 heterocycles. The van der Waals surface area contributed by atoms with Crippen molar-refractivity contribution < 1.29 is 19.4 Å². The molecule has 2 fully saturated rings. The Balaban J connectivity index is 1.84. The number of hydrogen-bond acceptors (Lipinski definition) is 3. The predicted octanol–water partition coefficient (Wildman–Crippen LogP) is 0.637. The highest BCUT2D eigenvalue weighted by Gasteiger charge is 2.66. The van der Waals surface area contributed by atoms with Gasteiger partial charge in [0.05, 0.1) is 17.9 Å². The van der Waals surface area contributed by atoms with Crippen molar-refractivity contribution in [3.8, 4) is 0 Å². The van der Waals surface area contributed by atoms with E-state index in [0.717, 1.165) is 12.8 Å². The summed E-state index contributed by atoms with van der Waals surface area (Å²) < 4.78 is 5.13. The van der Waals surface area contributed by atoms with E-state index in [4.69, 9.17) is 9.84 Å². The van der Waals surface area contributed by atoms with E-state index in [1.807, 2.05) is 13.8 Å². The molecule has 0 aromatic rings. The first-order valence-electron chi connectivity index (χ1n) is 5.94. The minimum absolute atomic E-state index is 0.123. The van der Waals surface area contributed by atoms with Gasteiger partial charge in [0.25, 0.3) is 0 Å². The molecule has 2 aliphatic rings. The number of methoxy groups -OCH3 is 1. The van der Waals surface area contributed by atoms with Gasteiger partial charge in [0.15, 0.2) is 0 Å². The molecule has 0 saturated heterocycles. The summed E-state index contributed by atoms with van der Waals surface area (Å²) in [6, 6.07) is 0.151. The third-order valence-corrected chi connectivity index (χ3v) is 4.15. The summed E-state index contributed by atoms with van der Waals surface area (Å²) in [5.74, 6) is -1.93. The topological polar surface area (TPSA) is 75.6 Å². The molecule has 0 aliphatic heterocycles. The van der Waals surface area contributed by atoms with Crippen molar-refractivity contribution in [2.24, 2.45) is 17.3 Å². The molecular formula is C12H19NO4. The zero-order chi connectivity index (χ0) is 12.8. The largest absolute Gasteiger partial charge is 0.481 e. The highest BCUT2D eigenvalue weighted by molar-refractivity contribution is 5.91. The highest BCUT2D eigenvalue weighted by atomic mass is 16.5. The van der Waals surface area contributed by atoms with E-state index in [2.05, 4.69) is 5.32 Å². The van der Waals surface area contributed by atoms with Crippen LogP contribution in [0, 0.1) is 17.3 Å². The summed E-state index contributed by atoms with van der Waals surface area (Å²) in [6.07, 6.45) is 1.89. The number of rotatable bonds is 4. The van der Waals surface area contributed by atoms with Crippen LogP contribution < -0.4 is 5.32 Å². The molecule has 0 spiro atoms. The number of nitrogens with one attached hydrogen (secondary N) is 1. The first-order valence-corrected chi connectivity index (χ1v) is 5.94. The van der Waals surface area contributed by atoms with E-state index >= 15 is 0 Å². The Kier molecular flexibility index (Phi) is 2.89. The van der Waals surface area contributed by atoms with E-state index < -0.39 is 17.3 Å². The van der Waals surface area contributed by atoms with Crippen LogP contribution in [0.1, 0.15) is 26.7 Å². The minimum Gasteiger partial charge on any atom is -0.481 e. The maximum absolute atomic E-state index is 11.9. The molecule has 17 heavy (non-hydrogen) atoms. The van der Waals surface area contributed by atoms with E-state index in [9.17, 15) is 9.59 Å². The van der Waals surface area contributed by atoms with Gasteiger partial charge in [-0.2, -0.15) is 0 Å². The van der Waals surface area contributed by atoms with Crippen molar-refractivity contribution in [1.82, 2.24) is 5.32 Å². The summed E-state index contributed by atoms with van der Waals surface area (Å²) >= 11 is 0. The number of ether oxygens (including phenoxy) is 1. The van der Waals surface area contributed by atoms with Crippen molar-refractivity contribution in [3.63, 3.8) is 0 Å². The molecule has 2 saturated carbocycles. The van der Waals surface area contributed by atoms with Crippen LogP contribution >= 0.6 is 0 Å². The molecule has 96 valence electrons. The van der Waals surface area contributed by atoms with Crippen LogP contribution in [0.4, 0.5) is 0 Å². The highest BCUT2D eigenvalue weighted by Crippen LogP contribution is 2.58. The lowest BCUT2D eigenvalue weighted by Crippen LogP contribution is -2.48. The average Bonchev–Trinajstić information content (AvgIpc) is 2.74. The minimum atomic E-state index is -0.876. The fourth-order valence-corrected chi connectivity index (χ4v) is 2.75. The maximum atomic E-state index is 11.9. The van der Waals surface area contributed by atoms with Crippen LogP contribution in [0.5, 0.6) is 0 Å². The first kappa shape index (κ1) is 12.4. The predicted molar refractivity (Wildman–Crippen MR) is 60.4 cm³/mol. The van der Waals surface area contributed by atoms with Crippen LogP contribution in [0.25, 0.3) is 0 Å². The van der Waals surface area contributed by atoms with E-state index in [0.29, 0.717) is 0 Å². The Morgan fingerprint density at radius 2 is 1.88 bits per heavy atom. The zero-order valence-electron chi connectivity index (χ0n) is 10.4. The third kappa shape index (κ3) is 2.04. The van der Waals surface area contributed by atoms with Gasteiger partial charge in [0.2, 0.25) is 5.91 Å². The molecule has 0 aromatic carbocycles. The van der Waals surface area contributed by atoms with Crippen LogP contribution in [0.15, 0.2) is 0 Å². The van der Waals surface area contributed by atoms with Crippen molar-refractivity contribution in [3.05, 3.63) is 0 Å². The van der Waals surface area contributed by atoms with Crippen molar-refractivity contribution in [2.75, 3.05) is 7.11 Å². The standard InChI is InChI=1S/C12H19NO4/c1-12(2)8(9(12)11(15)16)10(14)13-6-4-7(5-6)17-3/h6-9H,4-5H2,1-3H3,(H,13,14)(H,15,16)/t6?,7?,8-,9+/m1/s1. The van der Waals surface area contributed by atoms with E-state index in [1.54, 1.807) is 7.11 Å². The van der Waals surface area contributed by atoms with Gasteiger partial charge >= 0.3 is 5.97 Å². The summed E-state index contributed by atoms with van der Waals surface area (Å²) in [5, 5.41) is 11.9. The molecular weight excluding hydrogens is 222 g/mol. The van der Waals surface area contributed by atoms with Crippen LogP contribution in [-0.2, 0) is 14.3 Å². The quantitative estimate of drug-likeness (QED) is 0.757. The average molecular weight is 241 g/mol. The molecule has 0 bridgehead atoms. The lowest BCUT2D eigenvalue weighted by atomic mass is 9.89. The second-order valence-corrected chi connectivity index (χ2v) is 5.65. The second kappa shape index (κ2) is 3.98.